The molecule has 0 aromatic heterocycles. The average molecular weight is 425 g/mol. The maximum atomic E-state index is 12.0. The number of sulfonamides is 1. The molecule has 1 saturated heterocycles. The summed E-state index contributed by atoms with van der Waals surface area (Å²) in [6.45, 7) is 0.108. The van der Waals surface area contributed by atoms with Crippen LogP contribution in [0, 0.1) is 19.6 Å². The Balaban J connectivity index is 2.31. The lowest BCUT2D eigenvalue weighted by Gasteiger charge is -2.16. The Labute approximate surface area is 134 Å². The van der Waals surface area contributed by atoms with E-state index in [9.17, 15) is 23.3 Å². The van der Waals surface area contributed by atoms with Crippen molar-refractivity contribution in [1.29, 1.82) is 0 Å². The molecule has 1 aliphatic heterocycles. The fraction of sp³-hybridized carbons (Fsp3) is 0.364. The molecule has 0 radical (unpaired) electrons. The van der Waals surface area contributed by atoms with Gasteiger partial charge in [-0.3, -0.25) is 14.9 Å². The number of nitro benzene ring substituents is 1. The van der Waals surface area contributed by atoms with Crippen LogP contribution in [0.4, 0.5) is 11.4 Å². The molecule has 10 heteroatoms. The molecule has 2 N–H and O–H groups in total. The summed E-state index contributed by atoms with van der Waals surface area (Å²) in [6.07, 6.45) is 0.0135. The van der Waals surface area contributed by atoms with E-state index in [2.05, 4.69) is 0 Å². The van der Waals surface area contributed by atoms with E-state index >= 15 is 0 Å². The first kappa shape index (κ1) is 16.1. The molecule has 0 aliphatic carbocycles. The molecular formula is C11H12IN3O5S. The number of primary sulfonamides is 1. The van der Waals surface area contributed by atoms with Crippen LogP contribution in [-0.2, 0) is 14.8 Å². The number of rotatable bonds is 4. The number of carbonyl (C=O) groups excluding carboxylic acids is 1. The molecule has 0 spiro atoms. The third-order valence-electron chi connectivity index (χ3n) is 3.10. The highest BCUT2D eigenvalue weighted by atomic mass is 127. The SMILES string of the molecule is NS(=O)(=O)CC1CC(=O)N(c2ccc(I)cc2[N+](=O)[O-])C1. The molecule has 0 saturated carbocycles. The molecule has 1 aromatic rings. The zero-order valence-electron chi connectivity index (χ0n) is 10.7. The number of hydrogen-bond acceptors (Lipinski definition) is 5. The Hall–Kier alpha value is -1.27. The van der Waals surface area contributed by atoms with Crippen LogP contribution in [0.5, 0.6) is 0 Å². The molecule has 1 amide bonds. The van der Waals surface area contributed by atoms with Crippen molar-refractivity contribution in [3.05, 3.63) is 31.9 Å². The summed E-state index contributed by atoms with van der Waals surface area (Å²) in [5.74, 6) is -1.10. The fourth-order valence-corrected chi connectivity index (χ4v) is 3.68. The van der Waals surface area contributed by atoms with Gasteiger partial charge in [-0.25, -0.2) is 13.6 Å². The average Bonchev–Trinajstić information content (AvgIpc) is 2.67. The minimum Gasteiger partial charge on any atom is -0.306 e. The molecule has 8 nitrogen and oxygen atoms in total. The van der Waals surface area contributed by atoms with Gasteiger partial charge in [0, 0.05) is 28.5 Å². The van der Waals surface area contributed by atoms with Gasteiger partial charge < -0.3 is 4.90 Å². The molecule has 1 aromatic carbocycles. The second-order valence-corrected chi connectivity index (χ2v) is 7.70. The van der Waals surface area contributed by atoms with Gasteiger partial charge in [-0.1, -0.05) is 0 Å². The van der Waals surface area contributed by atoms with Crippen molar-refractivity contribution in [2.45, 2.75) is 6.42 Å². The van der Waals surface area contributed by atoms with E-state index in [1.54, 1.807) is 6.07 Å². The van der Waals surface area contributed by atoms with Crippen LogP contribution >= 0.6 is 22.6 Å². The van der Waals surface area contributed by atoms with Gasteiger partial charge in [0.1, 0.15) is 5.69 Å². The smallest absolute Gasteiger partial charge is 0.294 e. The number of halogens is 1. The molecule has 21 heavy (non-hydrogen) atoms. The molecule has 1 aliphatic rings. The molecule has 1 unspecified atom stereocenters. The minimum absolute atomic E-state index is 0.0135. The summed E-state index contributed by atoms with van der Waals surface area (Å²) in [5.41, 5.74) is 0.00819. The maximum Gasteiger partial charge on any atom is 0.294 e. The normalized spacial score (nSPS) is 19.0. The molecule has 1 atom stereocenters. The molecular weight excluding hydrogens is 413 g/mol. The van der Waals surface area contributed by atoms with E-state index in [0.29, 0.717) is 3.57 Å². The van der Waals surface area contributed by atoms with Crippen LogP contribution in [0.2, 0.25) is 0 Å². The molecule has 1 fully saturated rings. The zero-order chi connectivity index (χ0) is 15.8. The van der Waals surface area contributed by atoms with Crippen molar-refractivity contribution in [3.63, 3.8) is 0 Å². The Morgan fingerprint density at radius 2 is 2.14 bits per heavy atom. The zero-order valence-corrected chi connectivity index (χ0v) is 13.7. The highest BCUT2D eigenvalue weighted by Crippen LogP contribution is 2.34. The van der Waals surface area contributed by atoms with Gasteiger partial charge in [-0.2, -0.15) is 0 Å². The lowest BCUT2D eigenvalue weighted by atomic mass is 10.1. The summed E-state index contributed by atoms with van der Waals surface area (Å²) >= 11 is 1.94. The Morgan fingerprint density at radius 3 is 2.71 bits per heavy atom. The van der Waals surface area contributed by atoms with E-state index in [1.165, 1.54) is 17.0 Å². The van der Waals surface area contributed by atoms with Crippen molar-refractivity contribution in [2.75, 3.05) is 17.2 Å². The van der Waals surface area contributed by atoms with Crippen LogP contribution in [-0.4, -0.2) is 31.5 Å². The Bertz CT molecular complexity index is 706. The highest BCUT2D eigenvalue weighted by Gasteiger charge is 2.35. The summed E-state index contributed by atoms with van der Waals surface area (Å²) in [5, 5.41) is 16.1. The van der Waals surface area contributed by atoms with Gasteiger partial charge in [0.05, 0.1) is 10.7 Å². The number of hydrogen-bond donors (Lipinski definition) is 1. The van der Waals surface area contributed by atoms with Crippen LogP contribution in [0.1, 0.15) is 6.42 Å². The maximum absolute atomic E-state index is 12.0. The van der Waals surface area contributed by atoms with Crippen molar-refractivity contribution in [2.24, 2.45) is 11.1 Å². The first-order chi connectivity index (χ1) is 9.67. The van der Waals surface area contributed by atoms with Crippen molar-refractivity contribution in [1.82, 2.24) is 0 Å². The van der Waals surface area contributed by atoms with Crippen molar-refractivity contribution >= 4 is 49.9 Å². The largest absolute Gasteiger partial charge is 0.306 e. The predicted molar refractivity (Wildman–Crippen MR) is 84.2 cm³/mol. The molecule has 1 heterocycles. The van der Waals surface area contributed by atoms with Gasteiger partial charge in [-0.15, -0.1) is 0 Å². The lowest BCUT2D eigenvalue weighted by Crippen LogP contribution is -2.28. The number of nitrogens with two attached hydrogens (primary N) is 1. The van der Waals surface area contributed by atoms with Gasteiger partial charge >= 0.3 is 0 Å². The monoisotopic (exact) mass is 425 g/mol. The number of nitrogens with zero attached hydrogens (tertiary/aromatic N) is 2. The minimum atomic E-state index is -3.68. The van der Waals surface area contributed by atoms with Gasteiger partial charge in [0.15, 0.2) is 0 Å². The van der Waals surface area contributed by atoms with Gasteiger partial charge in [0.2, 0.25) is 15.9 Å². The molecule has 0 bridgehead atoms. The first-order valence-electron chi connectivity index (χ1n) is 5.92. The lowest BCUT2D eigenvalue weighted by molar-refractivity contribution is -0.384. The van der Waals surface area contributed by atoms with Crippen LogP contribution < -0.4 is 10.0 Å². The van der Waals surface area contributed by atoms with E-state index in [1.807, 2.05) is 22.6 Å². The number of amides is 1. The number of nitro groups is 1. The summed E-state index contributed by atoms with van der Waals surface area (Å²) in [6, 6.07) is 4.52. The van der Waals surface area contributed by atoms with Gasteiger partial charge in [0.25, 0.3) is 5.69 Å². The van der Waals surface area contributed by atoms with Crippen LogP contribution in [0.25, 0.3) is 0 Å². The van der Waals surface area contributed by atoms with E-state index in [-0.39, 0.29) is 36.0 Å². The second-order valence-electron chi connectivity index (χ2n) is 4.79. The van der Waals surface area contributed by atoms with Gasteiger partial charge in [-0.05, 0) is 34.7 Å². The quantitative estimate of drug-likeness (QED) is 0.435. The number of carbonyl (C=O) groups is 1. The fourth-order valence-electron chi connectivity index (χ4n) is 2.33. The van der Waals surface area contributed by atoms with E-state index in [0.717, 1.165) is 0 Å². The molecule has 2 rings (SSSR count). The Morgan fingerprint density at radius 1 is 1.48 bits per heavy atom. The highest BCUT2D eigenvalue weighted by molar-refractivity contribution is 14.1. The second kappa shape index (κ2) is 5.85. The number of benzene rings is 1. The topological polar surface area (TPSA) is 124 Å². The third kappa shape index (κ3) is 3.89. The third-order valence-corrected chi connectivity index (χ3v) is 4.71. The predicted octanol–water partition coefficient (Wildman–Crippen LogP) is 0.841. The summed E-state index contributed by atoms with van der Waals surface area (Å²) in [7, 11) is -3.68. The van der Waals surface area contributed by atoms with Crippen molar-refractivity contribution < 1.29 is 18.1 Å². The van der Waals surface area contributed by atoms with Crippen molar-refractivity contribution in [3.8, 4) is 0 Å². The molecule has 114 valence electrons. The summed E-state index contributed by atoms with van der Waals surface area (Å²) in [4.78, 5) is 23.8. The van der Waals surface area contributed by atoms with E-state index in [4.69, 9.17) is 5.14 Å². The Kier molecular flexibility index (Phi) is 4.49. The van der Waals surface area contributed by atoms with Crippen LogP contribution in [0.3, 0.4) is 0 Å². The van der Waals surface area contributed by atoms with Crippen LogP contribution in [0.15, 0.2) is 18.2 Å². The standard InChI is InChI=1S/C11H12IN3O5S/c12-8-1-2-9(10(4-8)15(17)18)14-5-7(3-11(14)16)6-21(13,19)20/h1-2,4,7H,3,5-6H2,(H2,13,19,20). The summed E-state index contributed by atoms with van der Waals surface area (Å²) < 4.78 is 22.9. The van der Waals surface area contributed by atoms with E-state index < -0.39 is 20.9 Å². The first-order valence-corrected chi connectivity index (χ1v) is 8.71. The number of anilines is 1.